The van der Waals surface area contributed by atoms with Gasteiger partial charge in [-0.1, -0.05) is 13.0 Å². The summed E-state index contributed by atoms with van der Waals surface area (Å²) in [5.41, 5.74) is 0.350. The summed E-state index contributed by atoms with van der Waals surface area (Å²) in [6.45, 7) is 1.91. The van der Waals surface area contributed by atoms with E-state index in [1.807, 2.05) is 6.92 Å². The molecule has 0 aromatic rings. The number of rotatable bonds is 4. The molecule has 0 heterocycles. The van der Waals surface area contributed by atoms with Crippen LogP contribution in [0.25, 0.3) is 0 Å². The minimum absolute atomic E-state index is 0.350. The molecule has 0 aliphatic rings. The van der Waals surface area contributed by atoms with E-state index in [4.69, 9.17) is 9.66 Å². The fourth-order valence-corrected chi connectivity index (χ4v) is 0.655. The summed E-state index contributed by atoms with van der Waals surface area (Å²) in [4.78, 5) is 12.0. The minimum atomic E-state index is -4.16. The SMILES string of the molecule is CC/C=C(\C(=O)O)N(C)C.COS(=O)(=O)O. The van der Waals surface area contributed by atoms with E-state index in [2.05, 4.69) is 4.18 Å². The predicted octanol–water partition coefficient (Wildman–Crippen LogP) is 0.362. The Morgan fingerprint density at radius 2 is 1.81 bits per heavy atom. The Balaban J connectivity index is 0. The molecule has 0 aliphatic heterocycles. The topological polar surface area (TPSA) is 104 Å². The molecular formula is C8H17NO6S. The third-order valence-electron chi connectivity index (χ3n) is 1.31. The van der Waals surface area contributed by atoms with Crippen molar-refractivity contribution < 1.29 is 27.1 Å². The zero-order valence-electron chi connectivity index (χ0n) is 9.67. The van der Waals surface area contributed by atoms with Gasteiger partial charge in [-0.05, 0) is 6.42 Å². The van der Waals surface area contributed by atoms with Gasteiger partial charge in [-0.2, -0.15) is 8.42 Å². The molecule has 0 aromatic carbocycles. The molecule has 0 fully saturated rings. The zero-order valence-corrected chi connectivity index (χ0v) is 10.5. The highest BCUT2D eigenvalue weighted by Gasteiger charge is 2.06. The van der Waals surface area contributed by atoms with Crippen LogP contribution in [0.4, 0.5) is 0 Å². The van der Waals surface area contributed by atoms with E-state index in [0.29, 0.717) is 5.70 Å². The number of carboxylic acids is 1. The van der Waals surface area contributed by atoms with Crippen LogP contribution in [0.1, 0.15) is 13.3 Å². The number of hydrogen-bond acceptors (Lipinski definition) is 5. The first-order valence-corrected chi connectivity index (χ1v) is 5.66. The second-order valence-corrected chi connectivity index (χ2v) is 3.98. The van der Waals surface area contributed by atoms with Crippen molar-refractivity contribution >= 4 is 16.4 Å². The van der Waals surface area contributed by atoms with Crippen LogP contribution in [0.2, 0.25) is 0 Å². The van der Waals surface area contributed by atoms with Crippen molar-refractivity contribution in [1.82, 2.24) is 4.90 Å². The maximum atomic E-state index is 10.4. The molecule has 0 radical (unpaired) electrons. The largest absolute Gasteiger partial charge is 0.477 e. The first-order valence-electron chi connectivity index (χ1n) is 4.29. The standard InChI is InChI=1S/C7H13NO2.CH4O4S/c1-4-5-6(7(9)10)8(2)3;1-5-6(2,3)4/h5H,4H2,1-3H3,(H,9,10);1H3,(H,2,3,4)/b6-5+;. The summed E-state index contributed by atoms with van der Waals surface area (Å²) in [5, 5.41) is 8.56. The van der Waals surface area contributed by atoms with Crippen molar-refractivity contribution in [2.24, 2.45) is 0 Å². The van der Waals surface area contributed by atoms with Crippen molar-refractivity contribution in [3.63, 3.8) is 0 Å². The van der Waals surface area contributed by atoms with Gasteiger partial charge in [-0.3, -0.25) is 8.74 Å². The molecule has 0 atom stereocenters. The molecule has 0 amide bonds. The average molecular weight is 255 g/mol. The lowest BCUT2D eigenvalue weighted by Gasteiger charge is -2.11. The second-order valence-electron chi connectivity index (χ2n) is 2.79. The van der Waals surface area contributed by atoms with Gasteiger partial charge in [0.05, 0.1) is 7.11 Å². The number of aliphatic carboxylic acids is 1. The Kier molecular flexibility index (Phi) is 8.73. The molecule has 2 N–H and O–H groups in total. The van der Waals surface area contributed by atoms with Crippen LogP contribution in [0, 0.1) is 0 Å². The van der Waals surface area contributed by atoms with Crippen LogP contribution in [0.3, 0.4) is 0 Å². The van der Waals surface area contributed by atoms with Gasteiger partial charge in [0.25, 0.3) is 0 Å². The van der Waals surface area contributed by atoms with E-state index in [1.54, 1.807) is 25.1 Å². The minimum Gasteiger partial charge on any atom is -0.477 e. The van der Waals surface area contributed by atoms with Crippen LogP contribution in [0.15, 0.2) is 11.8 Å². The number of nitrogens with zero attached hydrogens (tertiary/aromatic N) is 1. The monoisotopic (exact) mass is 255 g/mol. The van der Waals surface area contributed by atoms with Crippen LogP contribution in [0.5, 0.6) is 0 Å². The molecular weight excluding hydrogens is 238 g/mol. The van der Waals surface area contributed by atoms with Gasteiger partial charge in [0.2, 0.25) is 0 Å². The highest BCUT2D eigenvalue weighted by atomic mass is 32.3. The van der Waals surface area contributed by atoms with Crippen molar-refractivity contribution in [2.75, 3.05) is 21.2 Å². The Hall–Kier alpha value is -1.12. The number of carbonyl (C=O) groups is 1. The van der Waals surface area contributed by atoms with Crippen molar-refractivity contribution in [2.45, 2.75) is 13.3 Å². The van der Waals surface area contributed by atoms with E-state index in [-0.39, 0.29) is 0 Å². The Morgan fingerprint density at radius 3 is 1.88 bits per heavy atom. The van der Waals surface area contributed by atoms with Gasteiger partial charge >= 0.3 is 16.4 Å². The maximum Gasteiger partial charge on any atom is 0.397 e. The molecule has 8 heteroatoms. The van der Waals surface area contributed by atoms with Crippen molar-refractivity contribution in [3.8, 4) is 0 Å². The highest BCUT2D eigenvalue weighted by molar-refractivity contribution is 7.80. The molecule has 0 bridgehead atoms. The Bertz CT molecular complexity index is 332. The third kappa shape index (κ3) is 11.0. The van der Waals surface area contributed by atoms with Gasteiger partial charge in [0.1, 0.15) is 5.70 Å². The molecule has 0 unspecified atom stereocenters. The molecule has 7 nitrogen and oxygen atoms in total. The molecule has 96 valence electrons. The van der Waals surface area contributed by atoms with Crippen molar-refractivity contribution in [3.05, 3.63) is 11.8 Å². The summed E-state index contributed by atoms with van der Waals surface area (Å²) in [7, 11) is 0.144. The smallest absolute Gasteiger partial charge is 0.397 e. The molecule has 0 saturated heterocycles. The predicted molar refractivity (Wildman–Crippen MR) is 58.3 cm³/mol. The third-order valence-corrected chi connectivity index (χ3v) is 1.73. The summed E-state index contributed by atoms with van der Waals surface area (Å²) >= 11 is 0. The number of allylic oxidation sites excluding steroid dienone is 1. The fourth-order valence-electron chi connectivity index (χ4n) is 0.655. The normalized spacial score (nSPS) is 11.4. The zero-order chi connectivity index (χ0) is 13.4. The van der Waals surface area contributed by atoms with Crippen LogP contribution >= 0.6 is 0 Å². The number of carboxylic acid groups (broad SMARTS) is 1. The Labute approximate surface area is 95.3 Å². The van der Waals surface area contributed by atoms with E-state index in [0.717, 1.165) is 13.5 Å². The van der Waals surface area contributed by atoms with Gasteiger partial charge < -0.3 is 10.0 Å². The van der Waals surface area contributed by atoms with Gasteiger partial charge in [0.15, 0.2) is 0 Å². The molecule has 0 spiro atoms. The van der Waals surface area contributed by atoms with E-state index < -0.39 is 16.4 Å². The summed E-state index contributed by atoms with van der Waals surface area (Å²) in [6, 6.07) is 0. The van der Waals surface area contributed by atoms with E-state index >= 15 is 0 Å². The number of likely N-dealkylation sites (N-methyl/N-ethyl adjacent to an activating group) is 1. The van der Waals surface area contributed by atoms with E-state index in [9.17, 15) is 13.2 Å². The lowest BCUT2D eigenvalue weighted by atomic mass is 10.3. The molecule has 16 heavy (non-hydrogen) atoms. The van der Waals surface area contributed by atoms with E-state index in [1.165, 1.54) is 0 Å². The summed E-state index contributed by atoms with van der Waals surface area (Å²) in [5.74, 6) is -0.869. The van der Waals surface area contributed by atoms with Gasteiger partial charge in [-0.15, -0.1) is 0 Å². The van der Waals surface area contributed by atoms with Crippen LogP contribution in [-0.2, 0) is 19.4 Å². The number of hydrogen-bond donors (Lipinski definition) is 2. The first kappa shape index (κ1) is 17.3. The molecule has 0 aromatic heterocycles. The van der Waals surface area contributed by atoms with Crippen molar-refractivity contribution in [1.29, 1.82) is 0 Å². The fraction of sp³-hybridized carbons (Fsp3) is 0.625. The second kappa shape index (κ2) is 8.08. The Morgan fingerprint density at radius 1 is 1.44 bits per heavy atom. The summed E-state index contributed by atoms with van der Waals surface area (Å²) < 4.78 is 29.7. The molecule has 0 aliphatic carbocycles. The molecule has 0 rings (SSSR count). The van der Waals surface area contributed by atoms with Crippen LogP contribution < -0.4 is 0 Å². The lowest BCUT2D eigenvalue weighted by molar-refractivity contribution is -0.134. The first-order chi connectivity index (χ1) is 7.15. The van der Waals surface area contributed by atoms with Crippen LogP contribution in [-0.4, -0.2) is 50.2 Å². The van der Waals surface area contributed by atoms with Gasteiger partial charge in [-0.25, -0.2) is 4.79 Å². The molecule has 0 saturated carbocycles. The highest BCUT2D eigenvalue weighted by Crippen LogP contribution is 1.99. The quantitative estimate of drug-likeness (QED) is 0.552. The van der Waals surface area contributed by atoms with Gasteiger partial charge in [0, 0.05) is 14.1 Å². The summed E-state index contributed by atoms with van der Waals surface area (Å²) in [6.07, 6.45) is 2.43. The lowest BCUT2D eigenvalue weighted by Crippen LogP contribution is -2.18. The average Bonchev–Trinajstić information content (AvgIpc) is 2.13. The maximum absolute atomic E-state index is 10.4.